The van der Waals surface area contributed by atoms with Crippen LogP contribution in [0.2, 0.25) is 0 Å². The molecule has 2 aromatic rings. The molecule has 29 heavy (non-hydrogen) atoms. The first-order valence-corrected chi connectivity index (χ1v) is 10.2. The largest absolute Gasteiger partial charge is 0.379 e. The van der Waals surface area contributed by atoms with Gasteiger partial charge in [0.05, 0.1) is 19.8 Å². The van der Waals surface area contributed by atoms with Gasteiger partial charge in [0.25, 0.3) is 0 Å². The Balaban J connectivity index is 0.00000300. The third-order valence-corrected chi connectivity index (χ3v) is 4.78. The van der Waals surface area contributed by atoms with E-state index in [0.717, 1.165) is 64.9 Å². The van der Waals surface area contributed by atoms with Crippen LogP contribution in [0.25, 0.3) is 0 Å². The Morgan fingerprint density at radius 3 is 2.66 bits per heavy atom. The summed E-state index contributed by atoms with van der Waals surface area (Å²) in [6.07, 6.45) is 4.80. The highest BCUT2D eigenvalue weighted by Gasteiger charge is 2.12. The van der Waals surface area contributed by atoms with Crippen molar-refractivity contribution in [2.75, 3.05) is 39.4 Å². The van der Waals surface area contributed by atoms with Gasteiger partial charge < -0.3 is 15.4 Å². The zero-order chi connectivity index (χ0) is 19.4. The maximum atomic E-state index is 5.46. The van der Waals surface area contributed by atoms with E-state index in [-0.39, 0.29) is 24.0 Å². The summed E-state index contributed by atoms with van der Waals surface area (Å²) in [7, 11) is 0. The lowest BCUT2D eigenvalue weighted by Gasteiger charge is -2.27. The monoisotopic (exact) mass is 512 g/mol. The molecule has 8 heteroatoms. The molecule has 3 rings (SSSR count). The van der Waals surface area contributed by atoms with E-state index in [1.54, 1.807) is 0 Å². The maximum absolute atomic E-state index is 5.46. The fourth-order valence-electron chi connectivity index (χ4n) is 3.25. The predicted molar refractivity (Wildman–Crippen MR) is 128 cm³/mol. The van der Waals surface area contributed by atoms with Crippen molar-refractivity contribution in [2.45, 2.75) is 33.0 Å². The number of halogens is 1. The van der Waals surface area contributed by atoms with E-state index in [9.17, 15) is 0 Å². The molecule has 1 aromatic heterocycles. The van der Waals surface area contributed by atoms with Crippen LogP contribution in [0.3, 0.4) is 0 Å². The minimum absolute atomic E-state index is 0. The molecule has 2 N–H and O–H groups in total. The SMILES string of the molecule is CCNC(=NCc1ccccc1CN1CCOCC1)NCCCn1cccn1.I. The minimum atomic E-state index is 0. The van der Waals surface area contributed by atoms with E-state index in [4.69, 9.17) is 9.73 Å². The van der Waals surface area contributed by atoms with Gasteiger partial charge in [0.2, 0.25) is 0 Å². The van der Waals surface area contributed by atoms with Crippen LogP contribution in [0.5, 0.6) is 0 Å². The standard InChI is InChI=1S/C21H32N6O.HI/c1-2-22-21(23-9-5-11-27-12-6-10-25-27)24-17-19-7-3-4-8-20(19)18-26-13-15-28-16-14-26;/h3-4,6-8,10,12H,2,5,9,11,13-18H2,1H3,(H2,22,23,24);1H. The molecule has 0 spiro atoms. The number of aromatic nitrogens is 2. The number of aliphatic imine (C=N–C) groups is 1. The van der Waals surface area contributed by atoms with Gasteiger partial charge in [-0.1, -0.05) is 24.3 Å². The van der Waals surface area contributed by atoms with Gasteiger partial charge >= 0.3 is 0 Å². The summed E-state index contributed by atoms with van der Waals surface area (Å²) in [6, 6.07) is 10.6. The van der Waals surface area contributed by atoms with Crippen LogP contribution in [-0.2, 0) is 24.4 Å². The molecule has 0 bridgehead atoms. The normalized spacial score (nSPS) is 15.0. The molecule has 0 radical (unpaired) electrons. The second-order valence-corrected chi connectivity index (χ2v) is 6.90. The van der Waals surface area contributed by atoms with Gasteiger partial charge in [-0.15, -0.1) is 24.0 Å². The van der Waals surface area contributed by atoms with E-state index in [1.807, 2.05) is 23.1 Å². The summed E-state index contributed by atoms with van der Waals surface area (Å²) in [5.41, 5.74) is 2.63. The fourth-order valence-corrected chi connectivity index (χ4v) is 3.25. The molecule has 160 valence electrons. The van der Waals surface area contributed by atoms with Gasteiger partial charge in [0.15, 0.2) is 5.96 Å². The van der Waals surface area contributed by atoms with Crippen molar-refractivity contribution in [3.8, 4) is 0 Å². The molecule has 1 aliphatic rings. The number of ether oxygens (including phenoxy) is 1. The number of morpholine rings is 1. The first kappa shape index (κ1) is 23.6. The van der Waals surface area contributed by atoms with Crippen LogP contribution < -0.4 is 10.6 Å². The van der Waals surface area contributed by atoms with Gasteiger partial charge in [0, 0.05) is 51.7 Å². The maximum Gasteiger partial charge on any atom is 0.191 e. The van der Waals surface area contributed by atoms with Crippen molar-refractivity contribution in [1.29, 1.82) is 0 Å². The third-order valence-electron chi connectivity index (χ3n) is 4.78. The number of hydrogen-bond acceptors (Lipinski definition) is 4. The van der Waals surface area contributed by atoms with E-state index in [2.05, 4.69) is 51.8 Å². The first-order valence-electron chi connectivity index (χ1n) is 10.2. The molecule has 2 heterocycles. The molecular weight excluding hydrogens is 479 g/mol. The summed E-state index contributed by atoms with van der Waals surface area (Å²) in [4.78, 5) is 7.25. The van der Waals surface area contributed by atoms with E-state index >= 15 is 0 Å². The highest BCUT2D eigenvalue weighted by molar-refractivity contribution is 14.0. The lowest BCUT2D eigenvalue weighted by Crippen LogP contribution is -2.38. The van der Waals surface area contributed by atoms with Crippen LogP contribution in [0.4, 0.5) is 0 Å². The summed E-state index contributed by atoms with van der Waals surface area (Å²) < 4.78 is 7.41. The molecule has 0 aliphatic carbocycles. The fraction of sp³-hybridized carbons (Fsp3) is 0.524. The van der Waals surface area contributed by atoms with Crippen LogP contribution in [0, 0.1) is 0 Å². The van der Waals surface area contributed by atoms with Crippen LogP contribution in [0.15, 0.2) is 47.7 Å². The Hall–Kier alpha value is -1.65. The van der Waals surface area contributed by atoms with Crippen LogP contribution >= 0.6 is 24.0 Å². The van der Waals surface area contributed by atoms with Crippen LogP contribution in [0.1, 0.15) is 24.5 Å². The quantitative estimate of drug-likeness (QED) is 0.234. The van der Waals surface area contributed by atoms with Crippen molar-refractivity contribution in [3.05, 3.63) is 53.9 Å². The van der Waals surface area contributed by atoms with Gasteiger partial charge in [-0.25, -0.2) is 4.99 Å². The van der Waals surface area contributed by atoms with Crippen LogP contribution in [-0.4, -0.2) is 60.0 Å². The van der Waals surface area contributed by atoms with E-state index in [0.29, 0.717) is 6.54 Å². The van der Waals surface area contributed by atoms with E-state index < -0.39 is 0 Å². The van der Waals surface area contributed by atoms with Crippen molar-refractivity contribution < 1.29 is 4.74 Å². The molecule has 7 nitrogen and oxygen atoms in total. The summed E-state index contributed by atoms with van der Waals surface area (Å²) in [5, 5.41) is 11.0. The number of guanidine groups is 1. The molecule has 1 aliphatic heterocycles. The Morgan fingerprint density at radius 2 is 1.93 bits per heavy atom. The second kappa shape index (κ2) is 13.6. The first-order chi connectivity index (χ1) is 13.8. The average molecular weight is 512 g/mol. The Bertz CT molecular complexity index is 716. The Morgan fingerprint density at radius 1 is 1.14 bits per heavy atom. The number of nitrogens with zero attached hydrogens (tertiary/aromatic N) is 4. The van der Waals surface area contributed by atoms with Gasteiger partial charge in [0.1, 0.15) is 0 Å². The average Bonchev–Trinajstić information content (AvgIpc) is 3.24. The lowest BCUT2D eigenvalue weighted by molar-refractivity contribution is 0.0341. The zero-order valence-corrected chi connectivity index (χ0v) is 19.5. The molecule has 1 aromatic carbocycles. The third kappa shape index (κ3) is 8.31. The topological polar surface area (TPSA) is 66.7 Å². The van der Waals surface area contributed by atoms with Gasteiger partial charge in [-0.05, 0) is 30.5 Å². The summed E-state index contributed by atoms with van der Waals surface area (Å²) in [5.74, 6) is 0.865. The molecule has 0 amide bonds. The number of nitrogens with one attached hydrogen (secondary N) is 2. The molecule has 0 unspecified atom stereocenters. The molecule has 1 fully saturated rings. The summed E-state index contributed by atoms with van der Waals surface area (Å²) in [6.45, 7) is 9.99. The van der Waals surface area contributed by atoms with Gasteiger partial charge in [-0.2, -0.15) is 5.10 Å². The van der Waals surface area contributed by atoms with Gasteiger partial charge in [-0.3, -0.25) is 9.58 Å². The van der Waals surface area contributed by atoms with E-state index in [1.165, 1.54) is 11.1 Å². The molecule has 1 saturated heterocycles. The highest BCUT2D eigenvalue weighted by atomic mass is 127. The minimum Gasteiger partial charge on any atom is -0.379 e. The number of rotatable bonds is 9. The zero-order valence-electron chi connectivity index (χ0n) is 17.2. The predicted octanol–water partition coefficient (Wildman–Crippen LogP) is 2.48. The smallest absolute Gasteiger partial charge is 0.191 e. The lowest BCUT2D eigenvalue weighted by atomic mass is 10.1. The number of aryl methyl sites for hydroxylation is 1. The van der Waals surface area contributed by atoms with Crippen molar-refractivity contribution in [2.24, 2.45) is 4.99 Å². The number of hydrogen-bond donors (Lipinski definition) is 2. The van der Waals surface area contributed by atoms with Crippen molar-refractivity contribution in [3.63, 3.8) is 0 Å². The second-order valence-electron chi connectivity index (χ2n) is 6.90. The van der Waals surface area contributed by atoms with Crippen molar-refractivity contribution >= 4 is 29.9 Å². The number of benzene rings is 1. The summed E-state index contributed by atoms with van der Waals surface area (Å²) >= 11 is 0. The Labute approximate surface area is 190 Å². The molecule has 0 saturated carbocycles. The Kier molecular flexibility index (Phi) is 11.0. The molecular formula is C21H33IN6O. The highest BCUT2D eigenvalue weighted by Crippen LogP contribution is 2.14. The molecule has 0 atom stereocenters. The van der Waals surface area contributed by atoms with Crippen molar-refractivity contribution in [1.82, 2.24) is 25.3 Å².